The van der Waals surface area contributed by atoms with Crippen LogP contribution in [0.4, 0.5) is 0 Å². The van der Waals surface area contributed by atoms with Crippen LogP contribution in [-0.4, -0.2) is 33.9 Å². The summed E-state index contributed by atoms with van der Waals surface area (Å²) < 4.78 is 0. The van der Waals surface area contributed by atoms with E-state index in [2.05, 4.69) is 16.0 Å². The fourth-order valence-corrected chi connectivity index (χ4v) is 2.82. The highest BCUT2D eigenvalue weighted by atomic mass is 16.2. The summed E-state index contributed by atoms with van der Waals surface area (Å²) >= 11 is 0. The molecule has 3 aromatic rings. The predicted molar refractivity (Wildman–Crippen MR) is 96.0 cm³/mol. The van der Waals surface area contributed by atoms with E-state index < -0.39 is 0 Å². The van der Waals surface area contributed by atoms with Crippen LogP contribution in [0.15, 0.2) is 54.9 Å². The van der Waals surface area contributed by atoms with Crippen LogP contribution in [0.3, 0.4) is 0 Å². The molecule has 0 aliphatic heterocycles. The fraction of sp³-hybridized carbons (Fsp3) is 0.250. The molecule has 1 atom stereocenters. The second-order valence-electron chi connectivity index (χ2n) is 6.17. The Bertz CT molecular complexity index is 870. The number of aryl methyl sites for hydroxylation is 1. The molecule has 0 radical (unpaired) electrons. The lowest BCUT2D eigenvalue weighted by molar-refractivity contribution is 0.0744. The standard InChI is InChI=1S/C20H21N3O/c1-14-9-11-21-17(12-14)13-15(2)23(3)20(24)18-8-4-6-16-7-5-10-22-19(16)18/h4-12,15H,13H2,1-3H3/t15-/m1/s1. The van der Waals surface area contributed by atoms with Crippen molar-refractivity contribution in [3.63, 3.8) is 0 Å². The molecule has 4 nitrogen and oxygen atoms in total. The average Bonchev–Trinajstić information content (AvgIpc) is 2.60. The Kier molecular flexibility index (Phi) is 4.56. The minimum Gasteiger partial charge on any atom is -0.339 e. The third-order valence-corrected chi connectivity index (χ3v) is 4.32. The van der Waals surface area contributed by atoms with E-state index in [1.54, 1.807) is 11.1 Å². The average molecular weight is 319 g/mol. The second kappa shape index (κ2) is 6.79. The number of para-hydroxylation sites is 1. The number of amides is 1. The van der Waals surface area contributed by atoms with Gasteiger partial charge in [-0.3, -0.25) is 14.8 Å². The molecule has 0 spiro atoms. The lowest BCUT2D eigenvalue weighted by Gasteiger charge is -2.25. The fourth-order valence-electron chi connectivity index (χ4n) is 2.82. The number of rotatable bonds is 4. The van der Waals surface area contributed by atoms with E-state index in [0.29, 0.717) is 5.56 Å². The van der Waals surface area contributed by atoms with Crippen molar-refractivity contribution >= 4 is 16.8 Å². The number of carbonyl (C=O) groups is 1. The van der Waals surface area contributed by atoms with Gasteiger partial charge in [-0.1, -0.05) is 18.2 Å². The number of carbonyl (C=O) groups excluding carboxylic acids is 1. The van der Waals surface area contributed by atoms with Gasteiger partial charge in [0.05, 0.1) is 11.1 Å². The molecule has 0 fully saturated rings. The molecule has 0 unspecified atom stereocenters. The summed E-state index contributed by atoms with van der Waals surface area (Å²) in [6, 6.07) is 13.7. The first-order chi connectivity index (χ1) is 11.6. The Morgan fingerprint density at radius 1 is 1.12 bits per heavy atom. The summed E-state index contributed by atoms with van der Waals surface area (Å²) in [5.74, 6) is -0.0144. The van der Waals surface area contributed by atoms with E-state index in [9.17, 15) is 4.79 Å². The summed E-state index contributed by atoms with van der Waals surface area (Å²) in [6.07, 6.45) is 4.26. The molecule has 3 rings (SSSR count). The first-order valence-corrected chi connectivity index (χ1v) is 8.08. The zero-order valence-corrected chi connectivity index (χ0v) is 14.2. The number of hydrogen-bond acceptors (Lipinski definition) is 3. The van der Waals surface area contributed by atoms with Crippen LogP contribution in [0, 0.1) is 6.92 Å². The lowest BCUT2D eigenvalue weighted by atomic mass is 10.1. The van der Waals surface area contributed by atoms with E-state index in [1.165, 1.54) is 5.56 Å². The molecule has 0 saturated carbocycles. The molecule has 1 amide bonds. The Hall–Kier alpha value is -2.75. The maximum Gasteiger partial charge on any atom is 0.256 e. The maximum absolute atomic E-state index is 12.9. The van der Waals surface area contributed by atoms with Gasteiger partial charge in [-0.2, -0.15) is 0 Å². The van der Waals surface area contributed by atoms with Gasteiger partial charge in [-0.05, 0) is 43.7 Å². The summed E-state index contributed by atoms with van der Waals surface area (Å²) in [7, 11) is 1.84. The number of nitrogens with zero attached hydrogens (tertiary/aromatic N) is 3. The van der Waals surface area contributed by atoms with Crippen LogP contribution in [0.1, 0.15) is 28.5 Å². The van der Waals surface area contributed by atoms with Crippen molar-refractivity contribution in [3.05, 3.63) is 71.7 Å². The Morgan fingerprint density at radius 3 is 2.71 bits per heavy atom. The third-order valence-electron chi connectivity index (χ3n) is 4.32. The van der Waals surface area contributed by atoms with Crippen LogP contribution in [0.2, 0.25) is 0 Å². The minimum absolute atomic E-state index is 0.0144. The summed E-state index contributed by atoms with van der Waals surface area (Å²) in [4.78, 5) is 23.5. The smallest absolute Gasteiger partial charge is 0.256 e. The van der Waals surface area contributed by atoms with Crippen molar-refractivity contribution in [2.75, 3.05) is 7.05 Å². The molecular weight excluding hydrogens is 298 g/mol. The molecule has 122 valence electrons. The molecule has 2 aromatic heterocycles. The number of hydrogen-bond donors (Lipinski definition) is 0. The van der Waals surface area contributed by atoms with Gasteiger partial charge in [0, 0.05) is 43.0 Å². The van der Waals surface area contributed by atoms with Gasteiger partial charge in [-0.25, -0.2) is 0 Å². The van der Waals surface area contributed by atoms with E-state index in [1.807, 2.05) is 63.5 Å². The van der Waals surface area contributed by atoms with Gasteiger partial charge < -0.3 is 4.90 Å². The highest BCUT2D eigenvalue weighted by Crippen LogP contribution is 2.19. The quantitative estimate of drug-likeness (QED) is 0.737. The molecule has 1 aromatic carbocycles. The summed E-state index contributed by atoms with van der Waals surface area (Å²) in [6.45, 7) is 4.09. The largest absolute Gasteiger partial charge is 0.339 e. The van der Waals surface area contributed by atoms with Crippen LogP contribution >= 0.6 is 0 Å². The summed E-state index contributed by atoms with van der Waals surface area (Å²) in [5, 5.41) is 0.977. The maximum atomic E-state index is 12.9. The van der Waals surface area contributed by atoms with E-state index >= 15 is 0 Å². The molecule has 0 bridgehead atoms. The number of benzene rings is 1. The molecule has 0 aliphatic carbocycles. The first kappa shape index (κ1) is 16.1. The van der Waals surface area contributed by atoms with E-state index in [-0.39, 0.29) is 11.9 Å². The van der Waals surface area contributed by atoms with Crippen LogP contribution < -0.4 is 0 Å². The molecule has 2 heterocycles. The van der Waals surface area contributed by atoms with Crippen molar-refractivity contribution < 1.29 is 4.79 Å². The Morgan fingerprint density at radius 2 is 1.92 bits per heavy atom. The van der Waals surface area contributed by atoms with Gasteiger partial charge in [0.2, 0.25) is 0 Å². The normalized spacial score (nSPS) is 12.1. The molecular formula is C20H21N3O. The second-order valence-corrected chi connectivity index (χ2v) is 6.17. The van der Waals surface area contributed by atoms with Gasteiger partial charge in [0.15, 0.2) is 0 Å². The minimum atomic E-state index is -0.0144. The van der Waals surface area contributed by atoms with Gasteiger partial charge in [-0.15, -0.1) is 0 Å². The SMILES string of the molecule is Cc1ccnc(C[C@@H](C)N(C)C(=O)c2cccc3cccnc23)c1. The monoisotopic (exact) mass is 319 g/mol. The zero-order valence-electron chi connectivity index (χ0n) is 14.2. The van der Waals surface area contributed by atoms with E-state index in [0.717, 1.165) is 23.0 Å². The molecule has 24 heavy (non-hydrogen) atoms. The highest BCUT2D eigenvalue weighted by molar-refractivity contribution is 6.05. The number of pyridine rings is 2. The van der Waals surface area contributed by atoms with Crippen molar-refractivity contribution in [1.82, 2.24) is 14.9 Å². The first-order valence-electron chi connectivity index (χ1n) is 8.08. The van der Waals surface area contributed by atoms with Gasteiger partial charge in [0.1, 0.15) is 0 Å². The predicted octanol–water partition coefficient (Wildman–Crippen LogP) is 3.64. The van der Waals surface area contributed by atoms with E-state index in [4.69, 9.17) is 0 Å². The number of fused-ring (bicyclic) bond motifs is 1. The number of likely N-dealkylation sites (N-methyl/N-ethyl adjacent to an activating group) is 1. The van der Waals surface area contributed by atoms with Crippen LogP contribution in [-0.2, 0) is 6.42 Å². The Labute approximate surface area is 142 Å². The molecule has 4 heteroatoms. The zero-order chi connectivity index (χ0) is 17.1. The molecule has 0 saturated heterocycles. The van der Waals surface area contributed by atoms with Crippen molar-refractivity contribution in [3.8, 4) is 0 Å². The van der Waals surface area contributed by atoms with Crippen LogP contribution in [0.25, 0.3) is 10.9 Å². The Balaban J connectivity index is 1.83. The molecule has 0 aliphatic rings. The van der Waals surface area contributed by atoms with Gasteiger partial charge >= 0.3 is 0 Å². The van der Waals surface area contributed by atoms with Crippen LogP contribution in [0.5, 0.6) is 0 Å². The lowest BCUT2D eigenvalue weighted by Crippen LogP contribution is -2.36. The topological polar surface area (TPSA) is 46.1 Å². The van der Waals surface area contributed by atoms with Crippen molar-refractivity contribution in [2.45, 2.75) is 26.3 Å². The summed E-state index contributed by atoms with van der Waals surface area (Å²) in [5.41, 5.74) is 3.56. The van der Waals surface area contributed by atoms with Crippen molar-refractivity contribution in [1.29, 1.82) is 0 Å². The molecule has 0 N–H and O–H groups in total. The third kappa shape index (κ3) is 3.27. The van der Waals surface area contributed by atoms with Crippen molar-refractivity contribution in [2.24, 2.45) is 0 Å². The highest BCUT2D eigenvalue weighted by Gasteiger charge is 2.20. The number of aromatic nitrogens is 2. The van der Waals surface area contributed by atoms with Gasteiger partial charge in [0.25, 0.3) is 5.91 Å².